The summed E-state index contributed by atoms with van der Waals surface area (Å²) in [5.41, 5.74) is -2.69. The SMILES string of the molecule is O=[N+]([O-])c1cccc(S(=O)(=O)NN=Cc2cc([N+](=O)[O-])cc([N+](=O)[O-])c2O)c1. The summed E-state index contributed by atoms with van der Waals surface area (Å²) in [5, 5.41) is 45.5. The van der Waals surface area contributed by atoms with Gasteiger partial charge in [-0.1, -0.05) is 6.07 Å². The second-order valence-corrected chi connectivity index (χ2v) is 6.69. The van der Waals surface area contributed by atoms with Crippen LogP contribution in [0.15, 0.2) is 46.4 Å². The first-order valence-corrected chi connectivity index (χ1v) is 8.46. The number of sulfonamides is 1. The van der Waals surface area contributed by atoms with Gasteiger partial charge in [0.1, 0.15) is 0 Å². The number of rotatable bonds is 7. The van der Waals surface area contributed by atoms with Gasteiger partial charge in [0.25, 0.3) is 21.4 Å². The van der Waals surface area contributed by atoms with Crippen molar-refractivity contribution in [1.82, 2.24) is 4.83 Å². The molecule has 0 bridgehead atoms. The highest BCUT2D eigenvalue weighted by Crippen LogP contribution is 2.33. The number of nitrogens with one attached hydrogen (secondary N) is 1. The van der Waals surface area contributed by atoms with E-state index in [4.69, 9.17) is 0 Å². The first-order chi connectivity index (χ1) is 13.0. The lowest BCUT2D eigenvalue weighted by atomic mass is 10.1. The molecule has 2 aromatic carbocycles. The van der Waals surface area contributed by atoms with Gasteiger partial charge in [-0.15, -0.1) is 0 Å². The molecule has 28 heavy (non-hydrogen) atoms. The van der Waals surface area contributed by atoms with Crippen molar-refractivity contribution in [2.45, 2.75) is 4.90 Å². The van der Waals surface area contributed by atoms with Gasteiger partial charge in [-0.25, -0.2) is 4.83 Å². The van der Waals surface area contributed by atoms with Crippen LogP contribution in [0.5, 0.6) is 5.75 Å². The average Bonchev–Trinajstić information content (AvgIpc) is 2.62. The highest BCUT2D eigenvalue weighted by atomic mass is 32.2. The third-order valence-electron chi connectivity index (χ3n) is 3.23. The van der Waals surface area contributed by atoms with E-state index in [-0.39, 0.29) is 0 Å². The lowest BCUT2D eigenvalue weighted by Gasteiger charge is -2.04. The van der Waals surface area contributed by atoms with Gasteiger partial charge in [0.15, 0.2) is 0 Å². The number of hydrazone groups is 1. The van der Waals surface area contributed by atoms with Crippen LogP contribution in [0.2, 0.25) is 0 Å². The zero-order valence-electron chi connectivity index (χ0n) is 13.5. The molecule has 0 aliphatic heterocycles. The second kappa shape index (κ2) is 7.62. The number of hydrogen-bond donors (Lipinski definition) is 2. The van der Waals surface area contributed by atoms with Crippen LogP contribution < -0.4 is 4.83 Å². The number of non-ortho nitro benzene ring substituents is 2. The van der Waals surface area contributed by atoms with E-state index in [9.17, 15) is 43.9 Å². The van der Waals surface area contributed by atoms with E-state index in [1.54, 1.807) is 4.83 Å². The Morgan fingerprint density at radius 2 is 1.61 bits per heavy atom. The Morgan fingerprint density at radius 3 is 2.18 bits per heavy atom. The molecule has 2 rings (SSSR count). The van der Waals surface area contributed by atoms with E-state index in [1.807, 2.05) is 0 Å². The third-order valence-corrected chi connectivity index (χ3v) is 4.45. The Morgan fingerprint density at radius 1 is 0.964 bits per heavy atom. The topological polar surface area (TPSA) is 208 Å². The van der Waals surface area contributed by atoms with Gasteiger partial charge in [-0.2, -0.15) is 13.5 Å². The molecular weight excluding hydrogens is 402 g/mol. The van der Waals surface area contributed by atoms with E-state index in [2.05, 4.69) is 5.10 Å². The fraction of sp³-hybridized carbons (Fsp3) is 0. The van der Waals surface area contributed by atoms with E-state index in [1.165, 1.54) is 0 Å². The molecule has 0 unspecified atom stereocenters. The van der Waals surface area contributed by atoms with Crippen LogP contribution in [-0.2, 0) is 10.0 Å². The number of hydrogen-bond acceptors (Lipinski definition) is 10. The number of aromatic hydroxyl groups is 1. The van der Waals surface area contributed by atoms with E-state index >= 15 is 0 Å². The summed E-state index contributed by atoms with van der Waals surface area (Å²) in [6, 6.07) is 5.30. The molecule has 0 heterocycles. The molecule has 15 heteroatoms. The van der Waals surface area contributed by atoms with Crippen molar-refractivity contribution in [1.29, 1.82) is 0 Å². The minimum atomic E-state index is -4.35. The summed E-state index contributed by atoms with van der Waals surface area (Å²) < 4.78 is 24.2. The van der Waals surface area contributed by atoms with E-state index in [0.717, 1.165) is 30.3 Å². The third kappa shape index (κ3) is 4.33. The molecule has 0 amide bonds. The fourth-order valence-corrected chi connectivity index (χ4v) is 2.78. The quantitative estimate of drug-likeness (QED) is 0.383. The minimum absolute atomic E-state index is 0.487. The van der Waals surface area contributed by atoms with Crippen molar-refractivity contribution in [2.24, 2.45) is 5.10 Å². The summed E-state index contributed by atoms with van der Waals surface area (Å²) in [4.78, 5) is 30.8. The first-order valence-electron chi connectivity index (χ1n) is 6.98. The van der Waals surface area contributed by atoms with Crippen LogP contribution in [0.3, 0.4) is 0 Å². The second-order valence-electron chi connectivity index (χ2n) is 5.02. The maximum Gasteiger partial charge on any atom is 0.318 e. The molecule has 0 aromatic heterocycles. The summed E-state index contributed by atoms with van der Waals surface area (Å²) in [6.45, 7) is 0. The Labute approximate surface area is 155 Å². The van der Waals surface area contributed by atoms with Gasteiger partial charge in [-0.05, 0) is 6.07 Å². The highest BCUT2D eigenvalue weighted by molar-refractivity contribution is 7.89. The number of nitrogens with zero attached hydrogens (tertiary/aromatic N) is 4. The molecule has 0 saturated heterocycles. The number of nitro benzene ring substituents is 3. The number of phenolic OH excluding ortho intramolecular Hbond substituents is 1. The van der Waals surface area contributed by atoms with Crippen LogP contribution in [0.1, 0.15) is 5.56 Å². The predicted octanol–water partition coefficient (Wildman–Crippen LogP) is 1.43. The first kappa shape index (κ1) is 20.2. The largest absolute Gasteiger partial charge is 0.502 e. The summed E-state index contributed by atoms with van der Waals surface area (Å²) in [6.07, 6.45) is 0.615. The fourth-order valence-electron chi connectivity index (χ4n) is 1.95. The standard InChI is InChI=1S/C13H9N5O9S/c19-13-8(4-10(17(22)23)6-12(13)18(24)25)7-14-15-28(26,27)11-3-1-2-9(5-11)16(20)21/h1-7,15,19H. The lowest BCUT2D eigenvalue weighted by molar-refractivity contribution is -0.394. The predicted molar refractivity (Wildman–Crippen MR) is 92.4 cm³/mol. The normalized spacial score (nSPS) is 11.3. The molecule has 0 saturated carbocycles. The van der Waals surface area contributed by atoms with Gasteiger partial charge >= 0.3 is 5.69 Å². The summed E-state index contributed by atoms with van der Waals surface area (Å²) in [5.74, 6) is -0.964. The highest BCUT2D eigenvalue weighted by Gasteiger charge is 2.23. The molecule has 14 nitrogen and oxygen atoms in total. The lowest BCUT2D eigenvalue weighted by Crippen LogP contribution is -2.18. The van der Waals surface area contributed by atoms with Crippen molar-refractivity contribution >= 4 is 33.3 Å². The molecule has 2 aromatic rings. The van der Waals surface area contributed by atoms with Crippen LogP contribution in [0, 0.1) is 30.3 Å². The van der Waals surface area contributed by atoms with Crippen LogP contribution in [0.4, 0.5) is 17.1 Å². The molecule has 0 aliphatic carbocycles. The summed E-state index contributed by atoms with van der Waals surface area (Å²) >= 11 is 0. The van der Waals surface area contributed by atoms with Crippen molar-refractivity contribution in [3.8, 4) is 5.75 Å². The molecule has 0 spiro atoms. The molecular formula is C13H9N5O9S. The van der Waals surface area contributed by atoms with Crippen LogP contribution in [0.25, 0.3) is 0 Å². The van der Waals surface area contributed by atoms with Gasteiger partial charge < -0.3 is 5.11 Å². The molecule has 0 aliphatic rings. The van der Waals surface area contributed by atoms with Gasteiger partial charge in [0, 0.05) is 18.2 Å². The van der Waals surface area contributed by atoms with Crippen LogP contribution >= 0.6 is 0 Å². The zero-order valence-corrected chi connectivity index (χ0v) is 14.3. The summed E-state index contributed by atoms with van der Waals surface area (Å²) in [7, 11) is -4.35. The monoisotopic (exact) mass is 411 g/mol. The van der Waals surface area contributed by atoms with Crippen molar-refractivity contribution < 1.29 is 28.3 Å². The molecule has 0 radical (unpaired) electrons. The number of benzene rings is 2. The average molecular weight is 411 g/mol. The van der Waals surface area contributed by atoms with Crippen molar-refractivity contribution in [3.63, 3.8) is 0 Å². The number of nitro groups is 3. The maximum atomic E-state index is 12.1. The molecule has 2 N–H and O–H groups in total. The maximum absolute atomic E-state index is 12.1. The Bertz CT molecular complexity index is 1110. The smallest absolute Gasteiger partial charge is 0.318 e. The Balaban J connectivity index is 2.36. The molecule has 146 valence electrons. The number of phenols is 1. The minimum Gasteiger partial charge on any atom is -0.502 e. The zero-order chi connectivity index (χ0) is 21.1. The molecule has 0 fully saturated rings. The van der Waals surface area contributed by atoms with Crippen LogP contribution in [-0.4, -0.2) is 34.5 Å². The van der Waals surface area contributed by atoms with Gasteiger partial charge in [-0.3, -0.25) is 30.3 Å². The Kier molecular flexibility index (Phi) is 5.49. The van der Waals surface area contributed by atoms with Crippen molar-refractivity contribution in [2.75, 3.05) is 0 Å². The van der Waals surface area contributed by atoms with E-state index in [0.29, 0.717) is 12.3 Å². The molecule has 0 atom stereocenters. The van der Waals surface area contributed by atoms with Crippen molar-refractivity contribution in [3.05, 3.63) is 72.3 Å². The van der Waals surface area contributed by atoms with E-state index < -0.39 is 58.1 Å². The van der Waals surface area contributed by atoms with Gasteiger partial charge in [0.2, 0.25) is 5.75 Å². The Hall–Kier alpha value is -4.14. The van der Waals surface area contributed by atoms with Gasteiger partial charge in [0.05, 0.1) is 37.5 Å².